The van der Waals surface area contributed by atoms with Gasteiger partial charge in [0.15, 0.2) is 23.3 Å². The van der Waals surface area contributed by atoms with E-state index in [1.807, 2.05) is 4.90 Å². The van der Waals surface area contributed by atoms with Crippen molar-refractivity contribution in [3.05, 3.63) is 84.7 Å². The molecule has 3 aromatic carbocycles. The molecule has 0 radical (unpaired) electrons. The average molecular weight is 642 g/mol. The lowest BCUT2D eigenvalue weighted by Crippen LogP contribution is -2.47. The van der Waals surface area contributed by atoms with Crippen LogP contribution >= 0.6 is 45.8 Å². The summed E-state index contributed by atoms with van der Waals surface area (Å²) in [5, 5.41) is 3.34. The maximum Gasteiger partial charge on any atom is 0.257 e. The molecule has 1 aliphatic heterocycles. The van der Waals surface area contributed by atoms with Crippen LogP contribution in [0.4, 0.5) is 39.0 Å². The summed E-state index contributed by atoms with van der Waals surface area (Å²) in [4.78, 5) is 15.5. The quantitative estimate of drug-likeness (QED) is 0.146. The molecule has 12 heteroatoms. The summed E-state index contributed by atoms with van der Waals surface area (Å²) in [6, 6.07) is 9.91. The Morgan fingerprint density at radius 3 is 1.94 bits per heavy atom. The number of anilines is 3. The molecule has 1 heterocycles. The van der Waals surface area contributed by atoms with E-state index >= 15 is 0 Å². The fourth-order valence-electron chi connectivity index (χ4n) is 3.75. The number of carbonyl (C=O) groups is 1. The van der Waals surface area contributed by atoms with Crippen molar-refractivity contribution >= 4 is 68.8 Å². The Labute approximate surface area is 220 Å². The Morgan fingerprint density at radius 2 is 1.34 bits per heavy atom. The third-order valence-corrected chi connectivity index (χ3v) is 6.81. The highest BCUT2D eigenvalue weighted by atomic mass is 127. The summed E-state index contributed by atoms with van der Waals surface area (Å²) in [5.74, 6) is -10.3. The van der Waals surface area contributed by atoms with Crippen molar-refractivity contribution in [1.82, 2.24) is 0 Å². The van der Waals surface area contributed by atoms with Gasteiger partial charge in [0.05, 0.1) is 21.3 Å². The minimum Gasteiger partial charge on any atom is -0.367 e. The molecule has 184 valence electrons. The molecular weight excluding hydrogens is 627 g/mol. The molecule has 1 fully saturated rings. The molecule has 1 amide bonds. The summed E-state index contributed by atoms with van der Waals surface area (Å²) in [5.41, 5.74) is 0.384. The van der Waals surface area contributed by atoms with Crippen molar-refractivity contribution in [2.75, 3.05) is 41.3 Å². The van der Waals surface area contributed by atoms with E-state index in [0.29, 0.717) is 27.0 Å². The first-order chi connectivity index (χ1) is 16.6. The molecule has 4 nitrogen and oxygen atoms in total. The van der Waals surface area contributed by atoms with E-state index in [9.17, 15) is 26.7 Å². The Hall–Kier alpha value is -2.31. The number of hydrogen-bond donors (Lipinski definition) is 1. The summed E-state index contributed by atoms with van der Waals surface area (Å²) in [6.07, 6.45) is 0. The summed E-state index contributed by atoms with van der Waals surface area (Å²) in [6.45, 7) is 0.419. The highest BCUT2D eigenvalue weighted by molar-refractivity contribution is 14.1. The molecule has 0 bridgehead atoms. The maximum absolute atomic E-state index is 14.1. The zero-order chi connectivity index (χ0) is 25.4. The summed E-state index contributed by atoms with van der Waals surface area (Å²) in [7, 11) is 0. The number of amides is 1. The second kappa shape index (κ2) is 10.4. The molecule has 0 unspecified atom stereocenters. The molecule has 0 atom stereocenters. The van der Waals surface area contributed by atoms with Crippen molar-refractivity contribution in [3.8, 4) is 0 Å². The van der Waals surface area contributed by atoms with Gasteiger partial charge in [-0.25, -0.2) is 22.0 Å². The predicted octanol–water partition coefficient (Wildman–Crippen LogP) is 6.87. The third-order valence-electron chi connectivity index (χ3n) is 5.50. The first-order valence-electron chi connectivity index (χ1n) is 10.2. The van der Waals surface area contributed by atoms with Crippen LogP contribution in [0.2, 0.25) is 10.0 Å². The highest BCUT2D eigenvalue weighted by Gasteiger charge is 2.31. The molecule has 1 aliphatic rings. The van der Waals surface area contributed by atoms with E-state index in [1.165, 1.54) is 0 Å². The van der Waals surface area contributed by atoms with Gasteiger partial charge in [0.2, 0.25) is 5.82 Å². The normalized spacial score (nSPS) is 13.8. The van der Waals surface area contributed by atoms with Crippen LogP contribution in [-0.2, 0) is 0 Å². The minimum absolute atomic E-state index is 0.00168. The summed E-state index contributed by atoms with van der Waals surface area (Å²) < 4.78 is 69.6. The fraction of sp³-hybridized carbons (Fsp3) is 0.174. The first kappa shape index (κ1) is 25.8. The van der Waals surface area contributed by atoms with Gasteiger partial charge in [-0.3, -0.25) is 4.79 Å². The van der Waals surface area contributed by atoms with E-state index in [-0.39, 0.29) is 26.2 Å². The Bertz CT molecular complexity index is 1290. The Morgan fingerprint density at radius 1 is 0.771 bits per heavy atom. The number of piperazine rings is 1. The van der Waals surface area contributed by atoms with E-state index in [1.54, 1.807) is 36.4 Å². The zero-order valence-corrected chi connectivity index (χ0v) is 21.3. The van der Waals surface area contributed by atoms with E-state index in [4.69, 9.17) is 23.2 Å². The molecule has 35 heavy (non-hydrogen) atoms. The Balaban J connectivity index is 1.47. The molecule has 0 saturated carbocycles. The van der Waals surface area contributed by atoms with Crippen LogP contribution in [0.1, 0.15) is 10.4 Å². The molecule has 0 aliphatic carbocycles. The van der Waals surface area contributed by atoms with Gasteiger partial charge in [-0.1, -0.05) is 23.2 Å². The lowest BCUT2D eigenvalue weighted by Gasteiger charge is -2.38. The van der Waals surface area contributed by atoms with Crippen LogP contribution in [0.25, 0.3) is 0 Å². The van der Waals surface area contributed by atoms with Crippen molar-refractivity contribution in [2.24, 2.45) is 0 Å². The van der Waals surface area contributed by atoms with Crippen molar-refractivity contribution in [2.45, 2.75) is 0 Å². The predicted molar refractivity (Wildman–Crippen MR) is 134 cm³/mol. The van der Waals surface area contributed by atoms with E-state index in [2.05, 4.69) is 27.9 Å². The standard InChI is InChI=1S/C23H15Cl2F5IN3O/c24-14-3-1-11(31)9-13(14)23(35)32-12-2-4-16(15(25)10-12)33-5-7-34(8-6-33)22-20(29)18(27)17(26)19(28)21(22)30/h1-4,9-10H,5-8H2,(H,32,35). The number of halogens is 8. The van der Waals surface area contributed by atoms with E-state index in [0.717, 1.165) is 8.47 Å². The van der Waals surface area contributed by atoms with Gasteiger partial charge >= 0.3 is 0 Å². The van der Waals surface area contributed by atoms with Gasteiger partial charge in [-0.15, -0.1) is 0 Å². The van der Waals surface area contributed by atoms with Gasteiger partial charge in [0.1, 0.15) is 5.69 Å². The second-order valence-corrected chi connectivity index (χ2v) is 9.70. The maximum atomic E-state index is 14.1. The van der Waals surface area contributed by atoms with Crippen LogP contribution in [0.5, 0.6) is 0 Å². The number of hydrogen-bond acceptors (Lipinski definition) is 3. The average Bonchev–Trinajstić information content (AvgIpc) is 2.84. The van der Waals surface area contributed by atoms with Crippen LogP contribution in [0.3, 0.4) is 0 Å². The number of benzene rings is 3. The molecule has 3 aromatic rings. The third kappa shape index (κ3) is 5.14. The number of nitrogens with one attached hydrogen (secondary N) is 1. The topological polar surface area (TPSA) is 35.6 Å². The first-order valence-corrected chi connectivity index (χ1v) is 12.0. The number of carbonyl (C=O) groups excluding carboxylic acids is 1. The van der Waals surface area contributed by atoms with Gasteiger partial charge in [-0.05, 0) is 59.0 Å². The molecule has 0 spiro atoms. The van der Waals surface area contributed by atoms with Gasteiger partial charge in [0, 0.05) is 35.4 Å². The lowest BCUT2D eigenvalue weighted by molar-refractivity contribution is 0.102. The molecule has 1 saturated heterocycles. The lowest BCUT2D eigenvalue weighted by atomic mass is 10.1. The zero-order valence-electron chi connectivity index (χ0n) is 17.6. The van der Waals surface area contributed by atoms with Crippen LogP contribution in [0, 0.1) is 32.7 Å². The molecular formula is C23H15Cl2F5IN3O. The minimum atomic E-state index is -2.19. The largest absolute Gasteiger partial charge is 0.367 e. The Kier molecular flexibility index (Phi) is 7.62. The molecule has 0 aromatic heterocycles. The molecule has 4 rings (SSSR count). The monoisotopic (exact) mass is 641 g/mol. The number of nitrogens with zero attached hydrogens (tertiary/aromatic N) is 2. The SMILES string of the molecule is O=C(Nc1ccc(N2CCN(c3c(F)c(F)c(F)c(F)c3F)CC2)c(Cl)c1)c1cc(I)ccc1Cl. The van der Waals surface area contributed by atoms with Crippen molar-refractivity contribution < 1.29 is 26.7 Å². The van der Waals surface area contributed by atoms with Crippen LogP contribution < -0.4 is 15.1 Å². The van der Waals surface area contributed by atoms with E-state index < -0.39 is 40.7 Å². The van der Waals surface area contributed by atoms with Crippen molar-refractivity contribution in [3.63, 3.8) is 0 Å². The molecule has 1 N–H and O–H groups in total. The second-order valence-electron chi connectivity index (χ2n) is 7.64. The van der Waals surface area contributed by atoms with Gasteiger partial charge in [0.25, 0.3) is 5.91 Å². The highest BCUT2D eigenvalue weighted by Crippen LogP contribution is 2.34. The van der Waals surface area contributed by atoms with Crippen molar-refractivity contribution in [1.29, 1.82) is 0 Å². The number of rotatable bonds is 4. The smallest absolute Gasteiger partial charge is 0.257 e. The van der Waals surface area contributed by atoms with Crippen LogP contribution in [0.15, 0.2) is 36.4 Å². The van der Waals surface area contributed by atoms with Gasteiger partial charge in [-0.2, -0.15) is 0 Å². The van der Waals surface area contributed by atoms with Gasteiger partial charge < -0.3 is 15.1 Å². The fourth-order valence-corrected chi connectivity index (χ4v) is 4.75. The van der Waals surface area contributed by atoms with Crippen LogP contribution in [-0.4, -0.2) is 32.1 Å². The summed E-state index contributed by atoms with van der Waals surface area (Å²) >= 11 is 14.6.